The van der Waals surface area contributed by atoms with E-state index >= 15 is 0 Å². The molecule has 0 aliphatic rings. The molecule has 0 amide bonds. The van der Waals surface area contributed by atoms with E-state index in [0.717, 1.165) is 0 Å². The van der Waals surface area contributed by atoms with Gasteiger partial charge >= 0.3 is 0 Å². The lowest BCUT2D eigenvalue weighted by Crippen LogP contribution is -2.26. The highest BCUT2D eigenvalue weighted by atomic mass is 79.9. The smallest absolute Gasteiger partial charge is 0.160 e. The summed E-state index contributed by atoms with van der Waals surface area (Å²) in [6.07, 6.45) is 0. The van der Waals surface area contributed by atoms with Crippen molar-refractivity contribution in [3.8, 4) is 0 Å². The summed E-state index contributed by atoms with van der Waals surface area (Å²) in [6.45, 7) is 6.35. The first-order valence-corrected chi connectivity index (χ1v) is 8.51. The third kappa shape index (κ3) is 3.10. The highest BCUT2D eigenvalue weighted by Gasteiger charge is 2.34. The van der Waals surface area contributed by atoms with E-state index in [9.17, 15) is 0 Å². The minimum absolute atomic E-state index is 0.480. The van der Waals surface area contributed by atoms with Gasteiger partial charge in [-0.25, -0.2) is 0 Å². The lowest BCUT2D eigenvalue weighted by Gasteiger charge is -2.29. The van der Waals surface area contributed by atoms with Gasteiger partial charge in [0.05, 0.1) is 0 Å². The van der Waals surface area contributed by atoms with Gasteiger partial charge in [-0.15, -0.1) is 0 Å². The maximum atomic E-state index is 4.02. The van der Waals surface area contributed by atoms with Crippen molar-refractivity contribution >= 4 is 33.2 Å². The maximum absolute atomic E-state index is 4.02. The molecule has 116 valence electrons. The number of quaternary nitrogens is 1. The highest BCUT2D eigenvalue weighted by Crippen LogP contribution is 2.47. The van der Waals surface area contributed by atoms with E-state index in [4.69, 9.17) is 0 Å². The third-order valence-corrected chi connectivity index (χ3v) is 5.40. The predicted octanol–water partition coefficient (Wildman–Crippen LogP) is 6.89. The van der Waals surface area contributed by atoms with E-state index in [1.807, 2.05) is 0 Å². The van der Waals surface area contributed by atoms with Gasteiger partial charge in [-0.05, 0) is 20.8 Å². The molecule has 0 aliphatic heterocycles. The van der Waals surface area contributed by atoms with Crippen molar-refractivity contribution in [1.82, 2.24) is 3.51 Å². The van der Waals surface area contributed by atoms with Crippen LogP contribution < -0.4 is 3.51 Å². The van der Waals surface area contributed by atoms with Crippen LogP contribution in [0.5, 0.6) is 0 Å². The van der Waals surface area contributed by atoms with Gasteiger partial charge < -0.3 is 0 Å². The molecular formula is C21H21BrN+. The average molecular weight is 367 g/mol. The summed E-state index contributed by atoms with van der Waals surface area (Å²) < 4.78 is 0.480. The van der Waals surface area contributed by atoms with Gasteiger partial charge in [-0.1, -0.05) is 53.1 Å². The fourth-order valence-corrected chi connectivity index (χ4v) is 3.41. The molecular weight excluding hydrogens is 346 g/mol. The van der Waals surface area contributed by atoms with Crippen molar-refractivity contribution in [2.24, 2.45) is 0 Å². The van der Waals surface area contributed by atoms with Crippen LogP contribution in [-0.2, 0) is 0 Å². The van der Waals surface area contributed by atoms with E-state index in [-0.39, 0.29) is 0 Å². The Labute approximate surface area is 147 Å². The summed E-state index contributed by atoms with van der Waals surface area (Å²) in [5.74, 6) is 0. The molecule has 0 atom stereocenters. The number of hydrogen-bond donors (Lipinski definition) is 0. The predicted molar refractivity (Wildman–Crippen MR) is 104 cm³/mol. The number of benzene rings is 3. The van der Waals surface area contributed by atoms with Gasteiger partial charge in [0.1, 0.15) is 0 Å². The zero-order chi connectivity index (χ0) is 16.4. The molecule has 3 aromatic carbocycles. The second-order valence-corrected chi connectivity index (χ2v) is 7.16. The Morgan fingerprint density at radius 3 is 0.913 bits per heavy atom. The minimum atomic E-state index is 0.480. The summed E-state index contributed by atoms with van der Waals surface area (Å²) in [5, 5.41) is 0. The molecule has 0 saturated carbocycles. The van der Waals surface area contributed by atoms with Crippen LogP contribution >= 0.6 is 16.1 Å². The number of nitrogens with zero attached hydrogens (tertiary/aromatic N) is 1. The van der Waals surface area contributed by atoms with Crippen LogP contribution in [0.25, 0.3) is 0 Å². The van der Waals surface area contributed by atoms with Crippen LogP contribution in [0.3, 0.4) is 0 Å². The maximum Gasteiger partial charge on any atom is 0.245 e. The Morgan fingerprint density at radius 1 is 0.478 bits per heavy atom. The molecule has 0 fully saturated rings. The molecule has 0 spiro atoms. The first-order valence-electron chi connectivity index (χ1n) is 7.80. The zero-order valence-corrected chi connectivity index (χ0v) is 15.3. The molecule has 0 unspecified atom stereocenters. The summed E-state index contributed by atoms with van der Waals surface area (Å²) in [7, 11) is 0. The van der Waals surface area contributed by atoms with Crippen LogP contribution in [0.15, 0.2) is 72.8 Å². The Bertz CT molecular complexity index is 676. The Kier molecular flexibility index (Phi) is 4.38. The first-order chi connectivity index (χ1) is 11.0. The van der Waals surface area contributed by atoms with E-state index in [1.165, 1.54) is 33.8 Å². The van der Waals surface area contributed by atoms with Crippen LogP contribution in [0.4, 0.5) is 17.1 Å². The van der Waals surface area contributed by atoms with E-state index in [0.29, 0.717) is 3.51 Å². The minimum Gasteiger partial charge on any atom is -0.160 e. The van der Waals surface area contributed by atoms with Gasteiger partial charge in [0.15, 0.2) is 17.1 Å². The Hall–Kier alpha value is -1.90. The fourth-order valence-electron chi connectivity index (χ4n) is 2.70. The van der Waals surface area contributed by atoms with E-state index in [1.54, 1.807) is 0 Å². The number of halogens is 1. The largest absolute Gasteiger partial charge is 0.245 e. The first kappa shape index (κ1) is 16.0. The second-order valence-electron chi connectivity index (χ2n) is 6.10. The summed E-state index contributed by atoms with van der Waals surface area (Å²) in [6, 6.07) is 26.1. The third-order valence-electron chi connectivity index (χ3n) is 4.17. The van der Waals surface area contributed by atoms with E-state index in [2.05, 4.69) is 110 Å². The molecule has 0 radical (unpaired) electrons. The molecule has 2 heteroatoms. The molecule has 23 heavy (non-hydrogen) atoms. The summed E-state index contributed by atoms with van der Waals surface area (Å²) in [4.78, 5) is 0. The van der Waals surface area contributed by atoms with Gasteiger partial charge in [0, 0.05) is 36.4 Å². The molecule has 0 aliphatic carbocycles. The molecule has 0 N–H and O–H groups in total. The summed E-state index contributed by atoms with van der Waals surface area (Å²) >= 11 is 4.02. The van der Waals surface area contributed by atoms with Crippen LogP contribution in [0.2, 0.25) is 0 Å². The topological polar surface area (TPSA) is 0 Å². The fraction of sp³-hybridized carbons (Fsp3) is 0.143. The van der Waals surface area contributed by atoms with E-state index < -0.39 is 0 Å². The van der Waals surface area contributed by atoms with Crippen molar-refractivity contribution in [1.29, 1.82) is 0 Å². The van der Waals surface area contributed by atoms with Crippen LogP contribution in [0.1, 0.15) is 16.7 Å². The quantitative estimate of drug-likeness (QED) is 0.442. The van der Waals surface area contributed by atoms with Crippen LogP contribution in [0, 0.1) is 20.8 Å². The Balaban J connectivity index is 2.21. The average Bonchev–Trinajstić information content (AvgIpc) is 2.56. The molecule has 3 aromatic rings. The van der Waals surface area contributed by atoms with Gasteiger partial charge in [-0.3, -0.25) is 0 Å². The highest BCUT2D eigenvalue weighted by molar-refractivity contribution is 9.09. The molecule has 3 rings (SSSR count). The van der Waals surface area contributed by atoms with Gasteiger partial charge in [-0.2, -0.15) is 3.51 Å². The standard InChI is InChI=1S/C21H21BrN/c1-16-4-10-19(11-5-16)23(22,20-12-6-17(2)7-13-20)21-14-8-18(3)9-15-21/h4-15H,1-3H3/q+1. The van der Waals surface area contributed by atoms with Gasteiger partial charge in [0.2, 0.25) is 16.1 Å². The lowest BCUT2D eigenvalue weighted by molar-refractivity contribution is 0.853. The number of rotatable bonds is 3. The van der Waals surface area contributed by atoms with Crippen molar-refractivity contribution in [3.63, 3.8) is 0 Å². The molecule has 0 bridgehead atoms. The van der Waals surface area contributed by atoms with Gasteiger partial charge in [0.25, 0.3) is 0 Å². The zero-order valence-electron chi connectivity index (χ0n) is 13.8. The molecule has 0 saturated heterocycles. The normalized spacial score (nSPS) is 11.5. The monoisotopic (exact) mass is 366 g/mol. The second kappa shape index (κ2) is 6.31. The molecule has 0 aromatic heterocycles. The number of hydrogen-bond acceptors (Lipinski definition) is 0. The van der Waals surface area contributed by atoms with Crippen molar-refractivity contribution in [2.75, 3.05) is 0 Å². The lowest BCUT2D eigenvalue weighted by atomic mass is 10.1. The van der Waals surface area contributed by atoms with Crippen LogP contribution in [-0.4, -0.2) is 0 Å². The van der Waals surface area contributed by atoms with Crippen molar-refractivity contribution in [3.05, 3.63) is 89.5 Å². The van der Waals surface area contributed by atoms with Crippen molar-refractivity contribution in [2.45, 2.75) is 20.8 Å². The number of aryl methyl sites for hydroxylation is 3. The molecule has 0 heterocycles. The van der Waals surface area contributed by atoms with Crippen molar-refractivity contribution < 1.29 is 0 Å². The Morgan fingerprint density at radius 2 is 0.696 bits per heavy atom. The molecule has 1 nitrogen and oxygen atoms in total. The SMILES string of the molecule is Cc1ccc([N+](Br)(c2ccc(C)cc2)c2ccc(C)cc2)cc1. The summed E-state index contributed by atoms with van der Waals surface area (Å²) in [5.41, 5.74) is 7.34.